The van der Waals surface area contributed by atoms with Crippen LogP contribution in [0, 0.1) is 27.2 Å². The highest BCUT2D eigenvalue weighted by molar-refractivity contribution is 5.95. The Labute approximate surface area is 168 Å². The third-order valence-corrected chi connectivity index (χ3v) is 3.89. The van der Waals surface area contributed by atoms with Crippen molar-refractivity contribution in [2.24, 2.45) is 0 Å². The molecule has 0 spiro atoms. The number of nitro benzene ring substituents is 1. The fraction of sp³-hybridized carbons (Fsp3) is 0.0588. The van der Waals surface area contributed by atoms with Gasteiger partial charge >= 0.3 is 5.69 Å². The normalized spacial score (nSPS) is 10.2. The summed E-state index contributed by atoms with van der Waals surface area (Å²) in [5.41, 5.74) is 4.81. The minimum atomic E-state index is -0.707. The Bertz CT molecular complexity index is 1120. The van der Waals surface area contributed by atoms with Gasteiger partial charge in [0.1, 0.15) is 12.1 Å². The average Bonchev–Trinajstić information content (AvgIpc) is 2.73. The SMILES string of the molecule is Cc1cccnc1Nc1ncnc(NNC(=O)c2ccc([N+](=O)[O-])cc2)c1[N+](=O)[O-]. The summed E-state index contributed by atoms with van der Waals surface area (Å²) in [7, 11) is 0. The van der Waals surface area contributed by atoms with Crippen molar-refractivity contribution in [1.82, 2.24) is 20.4 Å². The van der Waals surface area contributed by atoms with Crippen LogP contribution >= 0.6 is 0 Å². The van der Waals surface area contributed by atoms with E-state index in [1.54, 1.807) is 19.1 Å². The Morgan fingerprint density at radius 3 is 2.27 bits per heavy atom. The van der Waals surface area contributed by atoms with Crippen LogP contribution in [0.2, 0.25) is 0 Å². The second kappa shape index (κ2) is 8.55. The molecule has 0 saturated carbocycles. The number of aromatic nitrogens is 3. The molecule has 0 unspecified atom stereocenters. The Hall–Kier alpha value is -4.68. The molecule has 1 amide bonds. The molecule has 152 valence electrons. The quantitative estimate of drug-likeness (QED) is 0.387. The zero-order valence-corrected chi connectivity index (χ0v) is 15.4. The summed E-state index contributed by atoms with van der Waals surface area (Å²) in [6, 6.07) is 8.32. The summed E-state index contributed by atoms with van der Waals surface area (Å²) >= 11 is 0. The average molecular weight is 410 g/mol. The molecule has 0 aliphatic heterocycles. The van der Waals surface area contributed by atoms with Crippen LogP contribution in [0.25, 0.3) is 0 Å². The number of carbonyl (C=O) groups excluding carboxylic acids is 1. The van der Waals surface area contributed by atoms with Crippen LogP contribution in [0.15, 0.2) is 48.9 Å². The molecule has 0 aliphatic carbocycles. The number of pyridine rings is 1. The van der Waals surface area contributed by atoms with Crippen molar-refractivity contribution in [3.05, 3.63) is 80.3 Å². The monoisotopic (exact) mass is 410 g/mol. The van der Waals surface area contributed by atoms with E-state index in [4.69, 9.17) is 0 Å². The number of non-ortho nitro benzene ring substituents is 1. The summed E-state index contributed by atoms with van der Waals surface area (Å²) < 4.78 is 0. The Balaban J connectivity index is 1.80. The van der Waals surface area contributed by atoms with E-state index >= 15 is 0 Å². The molecule has 2 aromatic heterocycles. The number of rotatable bonds is 7. The van der Waals surface area contributed by atoms with Crippen molar-refractivity contribution in [3.8, 4) is 0 Å². The number of carbonyl (C=O) groups is 1. The molecule has 30 heavy (non-hydrogen) atoms. The van der Waals surface area contributed by atoms with Crippen molar-refractivity contribution in [1.29, 1.82) is 0 Å². The van der Waals surface area contributed by atoms with Crippen LogP contribution in [-0.4, -0.2) is 30.7 Å². The lowest BCUT2D eigenvalue weighted by Gasteiger charge is -2.11. The van der Waals surface area contributed by atoms with E-state index in [9.17, 15) is 25.0 Å². The van der Waals surface area contributed by atoms with E-state index in [0.717, 1.165) is 11.9 Å². The first-order valence-corrected chi connectivity index (χ1v) is 8.35. The van der Waals surface area contributed by atoms with Gasteiger partial charge in [0, 0.05) is 23.9 Å². The number of nitrogens with one attached hydrogen (secondary N) is 3. The maximum absolute atomic E-state index is 12.2. The van der Waals surface area contributed by atoms with Crippen molar-refractivity contribution >= 4 is 34.7 Å². The molecule has 0 aliphatic rings. The molecule has 0 fully saturated rings. The minimum Gasteiger partial charge on any atom is -0.319 e. The number of amides is 1. The number of anilines is 3. The Kier molecular flexibility index (Phi) is 5.72. The van der Waals surface area contributed by atoms with Gasteiger partial charge in [-0.1, -0.05) is 6.07 Å². The second-order valence-corrected chi connectivity index (χ2v) is 5.85. The predicted octanol–water partition coefficient (Wildman–Crippen LogP) is 2.50. The Morgan fingerprint density at radius 1 is 0.933 bits per heavy atom. The van der Waals surface area contributed by atoms with Gasteiger partial charge in [-0.25, -0.2) is 15.0 Å². The summed E-state index contributed by atoms with van der Waals surface area (Å²) in [4.78, 5) is 45.0. The smallest absolute Gasteiger partial charge is 0.319 e. The molecular formula is C17H14N8O5. The molecule has 0 bridgehead atoms. The predicted molar refractivity (Wildman–Crippen MR) is 105 cm³/mol. The fourth-order valence-electron chi connectivity index (χ4n) is 2.39. The summed E-state index contributed by atoms with van der Waals surface area (Å²) in [5.74, 6) is -0.682. The third-order valence-electron chi connectivity index (χ3n) is 3.89. The van der Waals surface area contributed by atoms with Crippen molar-refractivity contribution in [2.75, 3.05) is 10.7 Å². The number of benzene rings is 1. The number of hydrogen-bond acceptors (Lipinski definition) is 10. The van der Waals surface area contributed by atoms with Gasteiger partial charge in [-0.2, -0.15) is 0 Å². The summed E-state index contributed by atoms with van der Waals surface area (Å²) in [5, 5.41) is 25.0. The lowest BCUT2D eigenvalue weighted by Crippen LogP contribution is -2.30. The first-order chi connectivity index (χ1) is 14.4. The third kappa shape index (κ3) is 4.41. The Morgan fingerprint density at radius 2 is 1.63 bits per heavy atom. The van der Waals surface area contributed by atoms with Gasteiger partial charge in [0.15, 0.2) is 0 Å². The van der Waals surface area contributed by atoms with Crippen LogP contribution in [0.4, 0.5) is 28.8 Å². The molecule has 3 rings (SSSR count). The van der Waals surface area contributed by atoms with Gasteiger partial charge in [-0.05, 0) is 30.7 Å². The number of hydrogen-bond donors (Lipinski definition) is 3. The number of hydrazine groups is 1. The first-order valence-electron chi connectivity index (χ1n) is 8.35. The van der Waals surface area contributed by atoms with Crippen LogP contribution in [0.1, 0.15) is 15.9 Å². The topological polar surface area (TPSA) is 178 Å². The molecule has 13 nitrogen and oxygen atoms in total. The van der Waals surface area contributed by atoms with Crippen molar-refractivity contribution < 1.29 is 14.6 Å². The maximum atomic E-state index is 12.2. The van der Waals surface area contributed by atoms with Gasteiger partial charge in [-0.3, -0.25) is 35.9 Å². The van der Waals surface area contributed by atoms with E-state index in [1.807, 2.05) is 0 Å². The molecule has 2 heterocycles. The number of nitrogens with zero attached hydrogens (tertiary/aromatic N) is 5. The molecule has 3 N–H and O–H groups in total. The molecule has 0 saturated heterocycles. The molecule has 1 aromatic carbocycles. The number of aryl methyl sites for hydroxylation is 1. The van der Waals surface area contributed by atoms with Gasteiger partial charge in [0.25, 0.3) is 11.6 Å². The minimum absolute atomic E-state index is 0.104. The zero-order valence-electron chi connectivity index (χ0n) is 15.4. The van der Waals surface area contributed by atoms with Crippen LogP contribution in [0.3, 0.4) is 0 Å². The molecule has 0 radical (unpaired) electrons. The largest absolute Gasteiger partial charge is 0.355 e. The van der Waals surface area contributed by atoms with Gasteiger partial charge in [0.05, 0.1) is 9.85 Å². The van der Waals surface area contributed by atoms with E-state index in [2.05, 4.69) is 31.1 Å². The second-order valence-electron chi connectivity index (χ2n) is 5.85. The van der Waals surface area contributed by atoms with Crippen LogP contribution < -0.4 is 16.2 Å². The standard InChI is InChI=1S/C17H14N8O5/c1-10-3-2-8-18-14(10)21-15-13(25(29)30)16(20-9-19-15)22-23-17(26)11-4-6-12(7-5-11)24(27)28/h2-9H,1H3,(H,23,26)(H2,18,19,20,21,22). The molecular weight excluding hydrogens is 396 g/mol. The maximum Gasteiger partial charge on any atom is 0.355 e. The van der Waals surface area contributed by atoms with E-state index in [1.165, 1.54) is 30.5 Å². The van der Waals surface area contributed by atoms with Gasteiger partial charge in [0.2, 0.25) is 11.6 Å². The number of nitro groups is 2. The fourth-order valence-corrected chi connectivity index (χ4v) is 2.39. The lowest BCUT2D eigenvalue weighted by molar-refractivity contribution is -0.384. The van der Waals surface area contributed by atoms with Crippen molar-refractivity contribution in [2.45, 2.75) is 6.92 Å². The zero-order chi connectivity index (χ0) is 21.7. The molecule has 3 aromatic rings. The van der Waals surface area contributed by atoms with Crippen LogP contribution in [0.5, 0.6) is 0 Å². The highest BCUT2D eigenvalue weighted by Gasteiger charge is 2.24. The lowest BCUT2D eigenvalue weighted by atomic mass is 10.2. The highest BCUT2D eigenvalue weighted by Crippen LogP contribution is 2.30. The molecule has 0 atom stereocenters. The van der Waals surface area contributed by atoms with E-state index in [-0.39, 0.29) is 22.9 Å². The highest BCUT2D eigenvalue weighted by atomic mass is 16.6. The summed E-state index contributed by atoms with van der Waals surface area (Å²) in [6.45, 7) is 1.77. The molecule has 13 heteroatoms. The van der Waals surface area contributed by atoms with Crippen LogP contribution in [-0.2, 0) is 0 Å². The summed E-state index contributed by atoms with van der Waals surface area (Å²) in [6.07, 6.45) is 2.60. The van der Waals surface area contributed by atoms with Gasteiger partial charge < -0.3 is 5.32 Å². The first kappa shape index (κ1) is 20.1. The van der Waals surface area contributed by atoms with E-state index in [0.29, 0.717) is 5.82 Å². The van der Waals surface area contributed by atoms with Gasteiger partial charge in [-0.15, -0.1) is 0 Å². The van der Waals surface area contributed by atoms with E-state index < -0.39 is 21.4 Å². The van der Waals surface area contributed by atoms with Crippen molar-refractivity contribution in [3.63, 3.8) is 0 Å².